The Kier molecular flexibility index (Phi) is 2.59. The molecule has 1 aliphatic rings. The van der Waals surface area contributed by atoms with Gasteiger partial charge in [-0.05, 0) is 24.2 Å². The molecule has 1 heterocycles. The van der Waals surface area contributed by atoms with Gasteiger partial charge in [0.25, 0.3) is 0 Å². The van der Waals surface area contributed by atoms with Crippen LogP contribution < -0.4 is 5.32 Å². The van der Waals surface area contributed by atoms with Gasteiger partial charge in [0, 0.05) is 12.6 Å². The van der Waals surface area contributed by atoms with Gasteiger partial charge in [0.15, 0.2) is 0 Å². The Bertz CT molecular complexity index is 347. The number of aromatic nitrogens is 2. The van der Waals surface area contributed by atoms with E-state index in [1.165, 1.54) is 25.2 Å². The van der Waals surface area contributed by atoms with Gasteiger partial charge in [-0.2, -0.15) is 4.39 Å². The highest BCUT2D eigenvalue weighted by molar-refractivity contribution is 5.33. The van der Waals surface area contributed by atoms with Crippen molar-refractivity contribution in [3.63, 3.8) is 0 Å². The second kappa shape index (κ2) is 3.76. The summed E-state index contributed by atoms with van der Waals surface area (Å²) in [6.45, 7) is 5.34. The summed E-state index contributed by atoms with van der Waals surface area (Å²) in [5.74, 6) is 0.757. The van der Waals surface area contributed by atoms with Gasteiger partial charge in [0.05, 0.1) is 0 Å². The summed E-state index contributed by atoms with van der Waals surface area (Å²) in [6, 6.07) is 1.33. The smallest absolute Gasteiger partial charge is 0.217 e. The van der Waals surface area contributed by atoms with Crippen LogP contribution in [0, 0.1) is 17.3 Å². The highest BCUT2D eigenvalue weighted by Gasteiger charge is 2.44. The first-order valence-corrected chi connectivity index (χ1v) is 5.34. The van der Waals surface area contributed by atoms with Crippen LogP contribution in [0.4, 0.5) is 10.2 Å². The average Bonchev–Trinajstić information content (AvgIpc) is 2.96. The molecule has 1 N–H and O–H groups in total. The molecule has 0 saturated heterocycles. The largest absolute Gasteiger partial charge is 0.369 e. The number of nitrogens with one attached hydrogen (secondary N) is 1. The molecule has 0 aromatic carbocycles. The fraction of sp³-hybridized carbons (Fsp3) is 0.636. The van der Waals surface area contributed by atoms with E-state index in [1.54, 1.807) is 0 Å². The fourth-order valence-corrected chi connectivity index (χ4v) is 1.82. The fourth-order valence-electron chi connectivity index (χ4n) is 1.82. The Morgan fingerprint density at radius 2 is 2.20 bits per heavy atom. The van der Waals surface area contributed by atoms with E-state index >= 15 is 0 Å². The van der Waals surface area contributed by atoms with Crippen molar-refractivity contribution in [3.05, 3.63) is 18.3 Å². The molecule has 3 nitrogen and oxygen atoms in total. The van der Waals surface area contributed by atoms with Crippen LogP contribution in [0.2, 0.25) is 0 Å². The van der Waals surface area contributed by atoms with Gasteiger partial charge >= 0.3 is 0 Å². The average molecular weight is 209 g/mol. The van der Waals surface area contributed by atoms with E-state index < -0.39 is 5.95 Å². The molecule has 0 aliphatic heterocycles. The van der Waals surface area contributed by atoms with Gasteiger partial charge in [-0.1, -0.05) is 13.8 Å². The van der Waals surface area contributed by atoms with Crippen LogP contribution >= 0.6 is 0 Å². The van der Waals surface area contributed by atoms with Crippen molar-refractivity contribution in [2.24, 2.45) is 11.3 Å². The van der Waals surface area contributed by atoms with E-state index in [1.807, 2.05) is 0 Å². The van der Waals surface area contributed by atoms with Crippen molar-refractivity contribution in [1.29, 1.82) is 0 Å². The molecule has 1 saturated carbocycles. The number of rotatable bonds is 4. The number of hydrogen-bond donors (Lipinski definition) is 1. The van der Waals surface area contributed by atoms with E-state index in [2.05, 4.69) is 29.1 Å². The number of nitrogens with zero attached hydrogens (tertiary/aromatic N) is 2. The Labute approximate surface area is 89.1 Å². The molecule has 0 amide bonds. The molecule has 0 spiro atoms. The SMILES string of the molecule is CC(C)C1(CNc2cc(F)ncn2)CC1. The number of halogens is 1. The first kappa shape index (κ1) is 10.3. The highest BCUT2D eigenvalue weighted by Crippen LogP contribution is 2.51. The predicted molar refractivity (Wildman–Crippen MR) is 57.0 cm³/mol. The second-order valence-electron chi connectivity index (χ2n) is 4.60. The molecule has 4 heteroatoms. The van der Waals surface area contributed by atoms with Crippen LogP contribution in [0.1, 0.15) is 26.7 Å². The van der Waals surface area contributed by atoms with E-state index in [-0.39, 0.29) is 0 Å². The molecule has 0 unspecified atom stereocenters. The minimum absolute atomic E-state index is 0.404. The van der Waals surface area contributed by atoms with Crippen molar-refractivity contribution < 1.29 is 4.39 Å². The zero-order valence-corrected chi connectivity index (χ0v) is 9.13. The molecule has 0 atom stereocenters. The lowest BCUT2D eigenvalue weighted by Gasteiger charge is -2.20. The maximum Gasteiger partial charge on any atom is 0.217 e. The van der Waals surface area contributed by atoms with E-state index in [9.17, 15) is 4.39 Å². The van der Waals surface area contributed by atoms with Crippen LogP contribution in [-0.2, 0) is 0 Å². The van der Waals surface area contributed by atoms with Gasteiger partial charge < -0.3 is 5.32 Å². The molecule has 2 rings (SSSR count). The summed E-state index contributed by atoms with van der Waals surface area (Å²) in [5, 5.41) is 3.18. The molecule has 1 fully saturated rings. The third kappa shape index (κ3) is 2.25. The van der Waals surface area contributed by atoms with Gasteiger partial charge in [0.1, 0.15) is 12.1 Å². The van der Waals surface area contributed by atoms with E-state index in [0.717, 1.165) is 6.54 Å². The number of anilines is 1. The van der Waals surface area contributed by atoms with Crippen LogP contribution in [-0.4, -0.2) is 16.5 Å². The quantitative estimate of drug-likeness (QED) is 0.774. The van der Waals surface area contributed by atoms with Crippen LogP contribution in [0.25, 0.3) is 0 Å². The molecule has 82 valence electrons. The summed E-state index contributed by atoms with van der Waals surface area (Å²) in [5.41, 5.74) is 0.404. The lowest BCUT2D eigenvalue weighted by molar-refractivity contribution is 0.379. The molecular formula is C11H16FN3. The third-order valence-electron chi connectivity index (χ3n) is 3.37. The summed E-state index contributed by atoms with van der Waals surface area (Å²) >= 11 is 0. The monoisotopic (exact) mass is 209 g/mol. The topological polar surface area (TPSA) is 37.8 Å². The Hall–Kier alpha value is -1.19. The third-order valence-corrected chi connectivity index (χ3v) is 3.37. The number of hydrogen-bond acceptors (Lipinski definition) is 3. The minimum atomic E-state index is -0.484. The van der Waals surface area contributed by atoms with Crippen molar-refractivity contribution in [3.8, 4) is 0 Å². The summed E-state index contributed by atoms with van der Waals surface area (Å²) < 4.78 is 12.8. The molecule has 1 aromatic rings. The van der Waals surface area contributed by atoms with Crippen molar-refractivity contribution in [1.82, 2.24) is 9.97 Å². The standard InChI is InChI=1S/C11H16FN3/c1-8(2)11(3-4-11)6-13-10-5-9(12)14-7-15-10/h5,7-8H,3-4,6H2,1-2H3,(H,13,14,15). The molecular weight excluding hydrogens is 193 g/mol. The Balaban J connectivity index is 1.94. The highest BCUT2D eigenvalue weighted by atomic mass is 19.1. The first-order chi connectivity index (χ1) is 7.12. The molecule has 0 bridgehead atoms. The van der Waals surface area contributed by atoms with Crippen LogP contribution in [0.5, 0.6) is 0 Å². The van der Waals surface area contributed by atoms with Gasteiger partial charge in [0.2, 0.25) is 5.95 Å². The van der Waals surface area contributed by atoms with E-state index in [4.69, 9.17) is 0 Å². The van der Waals surface area contributed by atoms with Gasteiger partial charge in [-0.3, -0.25) is 0 Å². The van der Waals surface area contributed by atoms with Gasteiger partial charge in [-0.25, -0.2) is 9.97 Å². The zero-order valence-electron chi connectivity index (χ0n) is 9.13. The van der Waals surface area contributed by atoms with Crippen molar-refractivity contribution in [2.45, 2.75) is 26.7 Å². The normalized spacial score (nSPS) is 17.9. The molecule has 0 radical (unpaired) electrons. The maximum absolute atomic E-state index is 12.8. The molecule has 1 aromatic heterocycles. The Morgan fingerprint density at radius 1 is 1.47 bits per heavy atom. The zero-order chi connectivity index (χ0) is 10.9. The van der Waals surface area contributed by atoms with Gasteiger partial charge in [-0.15, -0.1) is 0 Å². The first-order valence-electron chi connectivity index (χ1n) is 5.34. The lowest BCUT2D eigenvalue weighted by atomic mass is 9.92. The molecule has 1 aliphatic carbocycles. The second-order valence-corrected chi connectivity index (χ2v) is 4.60. The summed E-state index contributed by atoms with van der Waals surface area (Å²) in [6.07, 6.45) is 3.75. The van der Waals surface area contributed by atoms with Crippen molar-refractivity contribution >= 4 is 5.82 Å². The Morgan fingerprint density at radius 3 is 2.73 bits per heavy atom. The maximum atomic E-state index is 12.8. The van der Waals surface area contributed by atoms with Crippen LogP contribution in [0.3, 0.4) is 0 Å². The van der Waals surface area contributed by atoms with E-state index in [0.29, 0.717) is 17.2 Å². The van der Waals surface area contributed by atoms with Crippen LogP contribution in [0.15, 0.2) is 12.4 Å². The van der Waals surface area contributed by atoms with Crippen molar-refractivity contribution in [2.75, 3.05) is 11.9 Å². The summed E-state index contributed by atoms with van der Waals surface area (Å²) in [7, 11) is 0. The molecule has 15 heavy (non-hydrogen) atoms. The summed E-state index contributed by atoms with van der Waals surface area (Å²) in [4.78, 5) is 7.38. The lowest BCUT2D eigenvalue weighted by Crippen LogP contribution is -2.21. The minimum Gasteiger partial charge on any atom is -0.369 e. The predicted octanol–water partition coefficient (Wildman–Crippen LogP) is 2.46.